The number of methoxy groups -OCH3 is 1. The van der Waals surface area contributed by atoms with Crippen LogP contribution in [0.4, 0.5) is 16.2 Å². The lowest BCUT2D eigenvalue weighted by molar-refractivity contribution is 0.411. The molecular weight excluding hydrogens is 249 g/mol. The molecular formula is C12H10FN5O. The summed E-state index contributed by atoms with van der Waals surface area (Å²) in [5.74, 6) is -0.355. The van der Waals surface area contributed by atoms with Gasteiger partial charge in [-0.15, -0.1) is 0 Å². The third-order valence-corrected chi connectivity index (χ3v) is 2.45. The highest BCUT2D eigenvalue weighted by atomic mass is 19.1. The van der Waals surface area contributed by atoms with Crippen molar-refractivity contribution in [2.24, 2.45) is 0 Å². The monoisotopic (exact) mass is 259 g/mol. The lowest BCUT2D eigenvalue weighted by Gasteiger charge is -2.08. The van der Waals surface area contributed by atoms with E-state index in [1.807, 2.05) is 6.07 Å². The number of nitrogens with two attached hydrogens (primary N) is 2. The molecule has 0 unspecified atom stereocenters. The average Bonchev–Trinajstić information content (AvgIpc) is 2.37. The van der Waals surface area contributed by atoms with Crippen molar-refractivity contribution in [2.45, 2.75) is 0 Å². The van der Waals surface area contributed by atoms with Crippen molar-refractivity contribution in [2.75, 3.05) is 18.6 Å². The number of hydrogen-bond donors (Lipinski definition) is 2. The molecule has 0 saturated carbocycles. The second-order valence-corrected chi connectivity index (χ2v) is 3.68. The second-order valence-electron chi connectivity index (χ2n) is 3.68. The van der Waals surface area contributed by atoms with Crippen molar-refractivity contribution >= 4 is 11.8 Å². The minimum atomic E-state index is -0.519. The number of nitriles is 1. The Balaban J connectivity index is 2.71. The van der Waals surface area contributed by atoms with Gasteiger partial charge in [-0.05, 0) is 12.1 Å². The fourth-order valence-corrected chi connectivity index (χ4v) is 1.63. The van der Waals surface area contributed by atoms with Gasteiger partial charge in [-0.3, -0.25) is 0 Å². The summed E-state index contributed by atoms with van der Waals surface area (Å²) in [4.78, 5) is 7.63. The van der Waals surface area contributed by atoms with E-state index < -0.39 is 5.82 Å². The van der Waals surface area contributed by atoms with E-state index in [9.17, 15) is 4.39 Å². The summed E-state index contributed by atoms with van der Waals surface area (Å²) in [6.45, 7) is 0. The number of nitrogens with zero attached hydrogens (tertiary/aromatic N) is 3. The summed E-state index contributed by atoms with van der Waals surface area (Å²) < 4.78 is 18.4. The number of hydrogen-bond acceptors (Lipinski definition) is 6. The Morgan fingerprint density at radius 3 is 2.63 bits per heavy atom. The molecule has 1 aromatic heterocycles. The number of anilines is 2. The summed E-state index contributed by atoms with van der Waals surface area (Å²) in [6, 6.07) is 5.84. The van der Waals surface area contributed by atoms with Crippen LogP contribution >= 0.6 is 0 Å². The van der Waals surface area contributed by atoms with Crippen LogP contribution in [0, 0.1) is 17.1 Å². The van der Waals surface area contributed by atoms with E-state index in [4.69, 9.17) is 21.5 Å². The maximum absolute atomic E-state index is 13.5. The summed E-state index contributed by atoms with van der Waals surface area (Å²) in [5, 5.41) is 9.07. The first kappa shape index (κ1) is 12.6. The Labute approximate surface area is 108 Å². The average molecular weight is 259 g/mol. The molecule has 6 nitrogen and oxygen atoms in total. The van der Waals surface area contributed by atoms with E-state index in [2.05, 4.69) is 9.97 Å². The van der Waals surface area contributed by atoms with Gasteiger partial charge in [-0.25, -0.2) is 9.37 Å². The Hall–Kier alpha value is -2.88. The molecule has 19 heavy (non-hydrogen) atoms. The molecule has 96 valence electrons. The Morgan fingerprint density at radius 2 is 2.00 bits per heavy atom. The largest absolute Gasteiger partial charge is 0.497 e. The first-order chi connectivity index (χ1) is 9.05. The molecule has 0 saturated heterocycles. The Morgan fingerprint density at radius 1 is 1.26 bits per heavy atom. The normalized spacial score (nSPS) is 9.95. The highest BCUT2D eigenvalue weighted by molar-refractivity contribution is 5.73. The van der Waals surface area contributed by atoms with Crippen molar-refractivity contribution in [1.82, 2.24) is 9.97 Å². The van der Waals surface area contributed by atoms with Crippen LogP contribution in [0.1, 0.15) is 5.56 Å². The van der Waals surface area contributed by atoms with Gasteiger partial charge in [0.15, 0.2) is 0 Å². The topological polar surface area (TPSA) is 111 Å². The zero-order valence-corrected chi connectivity index (χ0v) is 10.0. The van der Waals surface area contributed by atoms with Gasteiger partial charge in [0.05, 0.1) is 12.8 Å². The zero-order chi connectivity index (χ0) is 14.0. The molecule has 4 N–H and O–H groups in total. The number of aromatic nitrogens is 2. The van der Waals surface area contributed by atoms with Crippen LogP contribution in [-0.2, 0) is 0 Å². The molecule has 2 rings (SSSR count). The van der Waals surface area contributed by atoms with Crippen LogP contribution in [0.3, 0.4) is 0 Å². The summed E-state index contributed by atoms with van der Waals surface area (Å²) in [6.07, 6.45) is 0. The third kappa shape index (κ3) is 2.37. The Bertz CT molecular complexity index is 681. The molecule has 1 heterocycles. The predicted molar refractivity (Wildman–Crippen MR) is 67.5 cm³/mol. The van der Waals surface area contributed by atoms with E-state index >= 15 is 0 Å². The fourth-order valence-electron chi connectivity index (χ4n) is 1.63. The number of halogens is 1. The van der Waals surface area contributed by atoms with Gasteiger partial charge in [0.2, 0.25) is 5.95 Å². The molecule has 0 amide bonds. The van der Waals surface area contributed by atoms with Gasteiger partial charge in [0.25, 0.3) is 0 Å². The number of rotatable bonds is 2. The van der Waals surface area contributed by atoms with E-state index in [0.717, 1.165) is 0 Å². The molecule has 1 aromatic carbocycles. The van der Waals surface area contributed by atoms with Crippen molar-refractivity contribution in [3.8, 4) is 23.1 Å². The molecule has 7 heteroatoms. The van der Waals surface area contributed by atoms with Gasteiger partial charge in [-0.2, -0.15) is 10.2 Å². The van der Waals surface area contributed by atoms with Crippen LogP contribution in [0.2, 0.25) is 0 Å². The van der Waals surface area contributed by atoms with Crippen LogP contribution in [0.25, 0.3) is 11.3 Å². The first-order valence-electron chi connectivity index (χ1n) is 5.23. The van der Waals surface area contributed by atoms with Gasteiger partial charge in [0.1, 0.15) is 29.0 Å². The van der Waals surface area contributed by atoms with E-state index in [1.165, 1.54) is 25.3 Å². The smallest absolute Gasteiger partial charge is 0.222 e. The third-order valence-electron chi connectivity index (χ3n) is 2.45. The predicted octanol–water partition coefficient (Wildman–Crippen LogP) is 1.33. The van der Waals surface area contributed by atoms with Crippen molar-refractivity contribution < 1.29 is 9.13 Å². The van der Waals surface area contributed by atoms with E-state index in [-0.39, 0.29) is 23.0 Å². The lowest BCUT2D eigenvalue weighted by Crippen LogP contribution is -2.05. The van der Waals surface area contributed by atoms with Crippen molar-refractivity contribution in [3.63, 3.8) is 0 Å². The van der Waals surface area contributed by atoms with Crippen LogP contribution < -0.4 is 16.2 Å². The minimum absolute atomic E-state index is 0.0434. The summed E-state index contributed by atoms with van der Waals surface area (Å²) >= 11 is 0. The SMILES string of the molecule is COc1cc(F)cc(-c2nc(N)nc(N)c2C#N)c1. The van der Waals surface area contributed by atoms with E-state index in [1.54, 1.807) is 0 Å². The maximum Gasteiger partial charge on any atom is 0.222 e. The standard InChI is InChI=1S/C12H10FN5O/c1-19-8-3-6(2-7(13)4-8)10-9(5-14)11(15)18-12(16)17-10/h2-4H,1H3,(H4,15,16,17,18). The molecule has 0 aliphatic heterocycles. The van der Waals surface area contributed by atoms with Gasteiger partial charge >= 0.3 is 0 Å². The van der Waals surface area contributed by atoms with Crippen LogP contribution in [-0.4, -0.2) is 17.1 Å². The van der Waals surface area contributed by atoms with Crippen LogP contribution in [0.15, 0.2) is 18.2 Å². The molecule has 0 spiro atoms. The molecule has 2 aromatic rings. The molecule has 0 aliphatic rings. The fraction of sp³-hybridized carbons (Fsp3) is 0.0833. The molecule has 0 aliphatic carbocycles. The minimum Gasteiger partial charge on any atom is -0.497 e. The summed E-state index contributed by atoms with van der Waals surface area (Å²) in [7, 11) is 1.41. The van der Waals surface area contributed by atoms with E-state index in [0.29, 0.717) is 11.3 Å². The number of ether oxygens (including phenoxy) is 1. The van der Waals surface area contributed by atoms with Crippen molar-refractivity contribution in [3.05, 3.63) is 29.6 Å². The van der Waals surface area contributed by atoms with Gasteiger partial charge < -0.3 is 16.2 Å². The van der Waals surface area contributed by atoms with Crippen LogP contribution in [0.5, 0.6) is 5.75 Å². The molecule has 0 radical (unpaired) electrons. The quantitative estimate of drug-likeness (QED) is 0.841. The highest BCUT2D eigenvalue weighted by Gasteiger charge is 2.14. The first-order valence-corrected chi connectivity index (χ1v) is 5.23. The highest BCUT2D eigenvalue weighted by Crippen LogP contribution is 2.28. The molecule has 0 atom stereocenters. The second kappa shape index (κ2) is 4.78. The van der Waals surface area contributed by atoms with Gasteiger partial charge in [-0.1, -0.05) is 0 Å². The molecule has 0 fully saturated rings. The summed E-state index contributed by atoms with van der Waals surface area (Å²) in [5.41, 5.74) is 11.6. The zero-order valence-electron chi connectivity index (χ0n) is 10.0. The van der Waals surface area contributed by atoms with Gasteiger partial charge in [0, 0.05) is 11.6 Å². The van der Waals surface area contributed by atoms with Crippen molar-refractivity contribution in [1.29, 1.82) is 5.26 Å². The maximum atomic E-state index is 13.5. The number of nitrogen functional groups attached to an aromatic ring is 2. The lowest BCUT2D eigenvalue weighted by atomic mass is 10.1. The number of benzene rings is 1. The molecule has 0 bridgehead atoms. The Kier molecular flexibility index (Phi) is 3.16.